The third kappa shape index (κ3) is 3.97. The molecule has 3 aromatic rings. The van der Waals surface area contributed by atoms with Gasteiger partial charge in [0, 0.05) is 0 Å². The fourth-order valence-electron chi connectivity index (χ4n) is 2.26. The zero-order valence-corrected chi connectivity index (χ0v) is 14.7. The Morgan fingerprint density at radius 2 is 1.48 bits per heavy atom. The Morgan fingerprint density at radius 1 is 0.880 bits per heavy atom. The third-order valence-electron chi connectivity index (χ3n) is 3.64. The monoisotopic (exact) mass is 354 g/mol. The Kier molecular flexibility index (Phi) is 4.72. The lowest BCUT2D eigenvalue weighted by atomic mass is 10.2. The summed E-state index contributed by atoms with van der Waals surface area (Å²) in [5.74, 6) is 1.45. The van der Waals surface area contributed by atoms with Crippen molar-refractivity contribution in [3.63, 3.8) is 0 Å². The van der Waals surface area contributed by atoms with Crippen LogP contribution in [-0.2, 0) is 9.84 Å². The Bertz CT molecular complexity index is 986. The highest BCUT2D eigenvalue weighted by Gasteiger charge is 2.16. The molecular weight excluding hydrogens is 336 g/mol. The molecule has 6 heteroatoms. The summed E-state index contributed by atoms with van der Waals surface area (Å²) in [6.45, 7) is 3.78. The summed E-state index contributed by atoms with van der Waals surface area (Å²) < 4.78 is 30.6. The molecule has 3 rings (SSSR count). The van der Waals surface area contributed by atoms with Crippen molar-refractivity contribution in [2.45, 2.75) is 23.6 Å². The molecule has 5 nitrogen and oxygen atoms in total. The molecule has 128 valence electrons. The number of furan rings is 1. The van der Waals surface area contributed by atoms with Crippen molar-refractivity contribution in [1.82, 2.24) is 0 Å². The lowest BCUT2D eigenvalue weighted by Gasteiger charge is -2.06. The molecule has 2 aromatic carbocycles. The first kappa shape index (κ1) is 17.0. The maximum atomic E-state index is 12.6. The van der Waals surface area contributed by atoms with E-state index in [1.54, 1.807) is 54.7 Å². The highest BCUT2D eigenvalue weighted by molar-refractivity contribution is 7.91. The minimum absolute atomic E-state index is 0.243. The second-order valence-corrected chi connectivity index (χ2v) is 7.61. The number of rotatable bonds is 5. The van der Waals surface area contributed by atoms with Crippen LogP contribution >= 0.6 is 0 Å². The SMILES string of the molecule is Cc1ccc(S(=O)(=O)c2ccc(N/N=C\c3ccc(C)o3)cc2)cc1. The molecule has 0 spiro atoms. The Balaban J connectivity index is 1.73. The van der Waals surface area contributed by atoms with E-state index in [4.69, 9.17) is 4.42 Å². The van der Waals surface area contributed by atoms with E-state index in [1.165, 1.54) is 0 Å². The summed E-state index contributed by atoms with van der Waals surface area (Å²) >= 11 is 0. The summed E-state index contributed by atoms with van der Waals surface area (Å²) in [6.07, 6.45) is 1.56. The molecule has 0 atom stereocenters. The molecule has 1 heterocycles. The number of hydrazone groups is 1. The van der Waals surface area contributed by atoms with E-state index >= 15 is 0 Å². The van der Waals surface area contributed by atoms with Crippen molar-refractivity contribution >= 4 is 21.7 Å². The fourth-order valence-corrected chi connectivity index (χ4v) is 3.52. The van der Waals surface area contributed by atoms with Gasteiger partial charge in [-0.05, 0) is 62.4 Å². The fraction of sp³-hybridized carbons (Fsp3) is 0.105. The number of nitrogens with zero attached hydrogens (tertiary/aromatic N) is 1. The lowest BCUT2D eigenvalue weighted by Crippen LogP contribution is -2.02. The van der Waals surface area contributed by atoms with Gasteiger partial charge in [0.05, 0.1) is 21.7 Å². The standard InChI is InChI=1S/C19H18N2O3S/c1-14-3-9-18(10-4-14)25(22,23)19-11-6-16(7-12-19)21-20-13-17-8-5-15(2)24-17/h3-13,21H,1-2H3/b20-13-. The highest BCUT2D eigenvalue weighted by Crippen LogP contribution is 2.22. The van der Waals surface area contributed by atoms with Gasteiger partial charge in [0.2, 0.25) is 9.84 Å². The zero-order valence-electron chi connectivity index (χ0n) is 13.9. The molecule has 0 fully saturated rings. The molecule has 0 amide bonds. The molecular formula is C19H18N2O3S. The number of benzene rings is 2. The van der Waals surface area contributed by atoms with E-state index in [2.05, 4.69) is 10.5 Å². The number of aryl methyl sites for hydroxylation is 2. The van der Waals surface area contributed by atoms with Gasteiger partial charge >= 0.3 is 0 Å². The normalized spacial score (nSPS) is 11.8. The molecule has 0 bridgehead atoms. The van der Waals surface area contributed by atoms with Crippen LogP contribution in [0.4, 0.5) is 5.69 Å². The third-order valence-corrected chi connectivity index (χ3v) is 5.43. The predicted octanol–water partition coefficient (Wildman–Crippen LogP) is 4.18. The van der Waals surface area contributed by atoms with Crippen LogP contribution in [-0.4, -0.2) is 14.6 Å². The van der Waals surface area contributed by atoms with Gasteiger partial charge in [-0.1, -0.05) is 17.7 Å². The Morgan fingerprint density at radius 3 is 2.04 bits per heavy atom. The van der Waals surface area contributed by atoms with E-state index in [-0.39, 0.29) is 9.79 Å². The van der Waals surface area contributed by atoms with Crippen molar-refractivity contribution in [3.05, 3.63) is 77.7 Å². The number of hydrogen-bond acceptors (Lipinski definition) is 5. The lowest BCUT2D eigenvalue weighted by molar-refractivity contribution is 0.528. The molecule has 0 unspecified atom stereocenters. The van der Waals surface area contributed by atoms with Crippen molar-refractivity contribution in [2.24, 2.45) is 5.10 Å². The number of sulfone groups is 1. The summed E-state index contributed by atoms with van der Waals surface area (Å²) in [7, 11) is -3.51. The van der Waals surface area contributed by atoms with Crippen LogP contribution in [0.2, 0.25) is 0 Å². The maximum absolute atomic E-state index is 12.6. The summed E-state index contributed by atoms with van der Waals surface area (Å²) in [5.41, 5.74) is 4.54. The molecule has 0 radical (unpaired) electrons. The van der Waals surface area contributed by atoms with Gasteiger partial charge < -0.3 is 4.42 Å². The van der Waals surface area contributed by atoms with Gasteiger partial charge in [-0.2, -0.15) is 5.10 Å². The smallest absolute Gasteiger partial charge is 0.206 e. The maximum Gasteiger partial charge on any atom is 0.206 e. The van der Waals surface area contributed by atoms with Gasteiger partial charge in [-0.15, -0.1) is 0 Å². The summed E-state index contributed by atoms with van der Waals surface area (Å²) in [4.78, 5) is 0.526. The van der Waals surface area contributed by atoms with Gasteiger partial charge in [0.25, 0.3) is 0 Å². The van der Waals surface area contributed by atoms with E-state index in [0.29, 0.717) is 11.4 Å². The number of hydrogen-bond donors (Lipinski definition) is 1. The van der Waals surface area contributed by atoms with Gasteiger partial charge in [0.15, 0.2) is 0 Å². The second-order valence-electron chi connectivity index (χ2n) is 5.66. The quantitative estimate of drug-likeness (QED) is 0.551. The first-order chi connectivity index (χ1) is 11.9. The molecule has 0 aliphatic heterocycles. The van der Waals surface area contributed by atoms with Gasteiger partial charge in [-0.25, -0.2) is 8.42 Å². The first-order valence-corrected chi connectivity index (χ1v) is 9.21. The summed E-state index contributed by atoms with van der Waals surface area (Å²) in [6, 6.07) is 16.9. The highest BCUT2D eigenvalue weighted by atomic mass is 32.2. The molecule has 0 aliphatic carbocycles. The molecule has 0 saturated heterocycles. The predicted molar refractivity (Wildman–Crippen MR) is 97.7 cm³/mol. The van der Waals surface area contributed by atoms with Gasteiger partial charge in [0.1, 0.15) is 11.5 Å². The summed E-state index contributed by atoms with van der Waals surface area (Å²) in [5, 5.41) is 4.07. The van der Waals surface area contributed by atoms with Crippen LogP contribution in [0, 0.1) is 13.8 Å². The van der Waals surface area contributed by atoms with Crippen LogP contribution < -0.4 is 5.43 Å². The van der Waals surface area contributed by atoms with E-state index < -0.39 is 9.84 Å². The topological polar surface area (TPSA) is 71.7 Å². The first-order valence-electron chi connectivity index (χ1n) is 7.72. The number of anilines is 1. The molecule has 0 saturated carbocycles. The van der Waals surface area contributed by atoms with Crippen LogP contribution in [0.5, 0.6) is 0 Å². The van der Waals surface area contributed by atoms with Crippen LogP contribution in [0.25, 0.3) is 0 Å². The van der Waals surface area contributed by atoms with E-state index in [9.17, 15) is 8.42 Å². The van der Waals surface area contributed by atoms with Gasteiger partial charge in [-0.3, -0.25) is 5.43 Å². The van der Waals surface area contributed by atoms with Crippen molar-refractivity contribution in [1.29, 1.82) is 0 Å². The van der Waals surface area contributed by atoms with Crippen LogP contribution in [0.1, 0.15) is 17.1 Å². The largest absolute Gasteiger partial charge is 0.460 e. The van der Waals surface area contributed by atoms with Crippen molar-refractivity contribution in [3.8, 4) is 0 Å². The Labute approximate surface area is 146 Å². The zero-order chi connectivity index (χ0) is 17.9. The van der Waals surface area contributed by atoms with E-state index in [1.807, 2.05) is 26.0 Å². The van der Waals surface area contributed by atoms with Crippen molar-refractivity contribution < 1.29 is 12.8 Å². The van der Waals surface area contributed by atoms with Crippen LogP contribution in [0.3, 0.4) is 0 Å². The molecule has 1 N–H and O–H groups in total. The van der Waals surface area contributed by atoms with Crippen molar-refractivity contribution in [2.75, 3.05) is 5.43 Å². The van der Waals surface area contributed by atoms with Crippen LogP contribution in [0.15, 0.2) is 80.0 Å². The second kappa shape index (κ2) is 6.94. The minimum Gasteiger partial charge on any atom is -0.460 e. The molecule has 0 aliphatic rings. The van der Waals surface area contributed by atoms with E-state index in [0.717, 1.165) is 11.3 Å². The average Bonchev–Trinajstić information content (AvgIpc) is 3.01. The Hall–Kier alpha value is -2.86. The molecule has 25 heavy (non-hydrogen) atoms. The molecule has 1 aromatic heterocycles. The number of nitrogens with one attached hydrogen (secondary N) is 1. The minimum atomic E-state index is -3.51. The average molecular weight is 354 g/mol.